The maximum absolute atomic E-state index is 13.6. The number of esters is 1. The summed E-state index contributed by atoms with van der Waals surface area (Å²) in [5.74, 6) is -0.360. The highest BCUT2D eigenvalue weighted by Gasteiger charge is 2.33. The van der Waals surface area contributed by atoms with E-state index in [4.69, 9.17) is 9.47 Å². The van der Waals surface area contributed by atoms with E-state index in [0.29, 0.717) is 17.0 Å². The normalized spacial score (nSPS) is 11.7. The van der Waals surface area contributed by atoms with Crippen LogP contribution in [0, 0.1) is 0 Å². The number of para-hydroxylation sites is 1. The number of hydrogen-bond acceptors (Lipinski definition) is 5. The molecular weight excluding hydrogens is 374 g/mol. The van der Waals surface area contributed by atoms with Gasteiger partial charge in [-0.15, -0.1) is 0 Å². The van der Waals surface area contributed by atoms with Crippen molar-refractivity contribution in [3.8, 4) is 5.75 Å². The summed E-state index contributed by atoms with van der Waals surface area (Å²) in [7, 11) is 2.80. The van der Waals surface area contributed by atoms with Gasteiger partial charge in [0.25, 0.3) is 5.91 Å². The maximum Gasteiger partial charge on any atom is 0.329 e. The fourth-order valence-electron chi connectivity index (χ4n) is 3.19. The van der Waals surface area contributed by atoms with Crippen LogP contribution < -0.4 is 9.64 Å². The first-order chi connectivity index (χ1) is 13.6. The van der Waals surface area contributed by atoms with Crippen LogP contribution in [-0.4, -0.2) is 37.9 Å². The Morgan fingerprint density at radius 2 is 1.64 bits per heavy atom. The van der Waals surface area contributed by atoms with E-state index in [1.54, 1.807) is 24.3 Å². The van der Waals surface area contributed by atoms with Gasteiger partial charge in [-0.1, -0.05) is 48.5 Å². The van der Waals surface area contributed by atoms with Gasteiger partial charge in [-0.05, 0) is 23.6 Å². The van der Waals surface area contributed by atoms with E-state index in [0.717, 1.165) is 10.8 Å². The van der Waals surface area contributed by atoms with Gasteiger partial charge in [0.15, 0.2) is 0 Å². The second kappa shape index (κ2) is 8.80. The van der Waals surface area contributed by atoms with Crippen LogP contribution in [0.5, 0.6) is 5.75 Å². The van der Waals surface area contributed by atoms with E-state index in [9.17, 15) is 9.59 Å². The Labute approximate surface area is 169 Å². The quantitative estimate of drug-likeness (QED) is 0.507. The number of nitrogens with zero attached hydrogens (tertiary/aromatic N) is 1. The lowest BCUT2D eigenvalue weighted by Crippen LogP contribution is -2.47. The van der Waals surface area contributed by atoms with Crippen molar-refractivity contribution in [2.45, 2.75) is 6.04 Å². The SMILES string of the molecule is COC(=O)[C@@H](CS)N(C(=O)c1ccccc1OC)c1cccc2ccccc12. The van der Waals surface area contributed by atoms with Crippen molar-refractivity contribution < 1.29 is 19.1 Å². The number of amides is 1. The topological polar surface area (TPSA) is 55.8 Å². The first-order valence-corrected chi connectivity index (χ1v) is 9.38. The molecule has 0 N–H and O–H groups in total. The zero-order valence-corrected chi connectivity index (χ0v) is 16.6. The predicted molar refractivity (Wildman–Crippen MR) is 113 cm³/mol. The van der Waals surface area contributed by atoms with Gasteiger partial charge in [0, 0.05) is 11.1 Å². The van der Waals surface area contributed by atoms with Crippen molar-refractivity contribution in [3.05, 3.63) is 72.3 Å². The molecule has 1 atom stereocenters. The zero-order valence-electron chi connectivity index (χ0n) is 15.7. The Hall–Kier alpha value is -2.99. The van der Waals surface area contributed by atoms with Crippen LogP contribution in [0.3, 0.4) is 0 Å². The van der Waals surface area contributed by atoms with Gasteiger partial charge in [-0.3, -0.25) is 9.69 Å². The fraction of sp³-hybridized carbons (Fsp3) is 0.182. The molecule has 0 aliphatic rings. The summed E-state index contributed by atoms with van der Waals surface area (Å²) in [5, 5.41) is 1.81. The number of carbonyl (C=O) groups excluding carboxylic acids is 2. The molecule has 0 saturated carbocycles. The first-order valence-electron chi connectivity index (χ1n) is 8.75. The average Bonchev–Trinajstić information content (AvgIpc) is 2.76. The summed E-state index contributed by atoms with van der Waals surface area (Å²) in [6.07, 6.45) is 0. The molecule has 0 aromatic heterocycles. The molecule has 28 heavy (non-hydrogen) atoms. The van der Waals surface area contributed by atoms with Crippen molar-refractivity contribution in [1.29, 1.82) is 0 Å². The van der Waals surface area contributed by atoms with Crippen molar-refractivity contribution in [2.24, 2.45) is 0 Å². The van der Waals surface area contributed by atoms with Gasteiger partial charge in [-0.2, -0.15) is 12.6 Å². The first kappa shape index (κ1) is 19.8. The largest absolute Gasteiger partial charge is 0.496 e. The number of fused-ring (bicyclic) bond motifs is 1. The summed E-state index contributed by atoms with van der Waals surface area (Å²) in [4.78, 5) is 27.5. The molecule has 0 bridgehead atoms. The van der Waals surface area contributed by atoms with Crippen LogP contribution in [-0.2, 0) is 9.53 Å². The number of ether oxygens (including phenoxy) is 2. The summed E-state index contributed by atoms with van der Waals surface area (Å²) in [6, 6.07) is 19.4. The van der Waals surface area contributed by atoms with Crippen LogP contribution in [0.4, 0.5) is 5.69 Å². The molecular formula is C22H21NO4S. The number of thiol groups is 1. The van der Waals surface area contributed by atoms with Crippen LogP contribution in [0.1, 0.15) is 10.4 Å². The van der Waals surface area contributed by atoms with Gasteiger partial charge in [0.1, 0.15) is 11.8 Å². The Balaban J connectivity index is 2.23. The molecule has 1 amide bonds. The van der Waals surface area contributed by atoms with E-state index >= 15 is 0 Å². The van der Waals surface area contributed by atoms with Crippen LogP contribution in [0.2, 0.25) is 0 Å². The number of rotatable bonds is 6. The van der Waals surface area contributed by atoms with Crippen molar-refractivity contribution in [2.75, 3.05) is 24.9 Å². The minimum atomic E-state index is -0.892. The molecule has 0 heterocycles. The van der Waals surface area contributed by atoms with Crippen LogP contribution in [0.25, 0.3) is 10.8 Å². The van der Waals surface area contributed by atoms with Crippen molar-refractivity contribution in [1.82, 2.24) is 0 Å². The molecule has 3 aromatic carbocycles. The highest BCUT2D eigenvalue weighted by atomic mass is 32.1. The molecule has 0 saturated heterocycles. The van der Waals surface area contributed by atoms with Crippen molar-refractivity contribution >= 4 is 41.0 Å². The van der Waals surface area contributed by atoms with Gasteiger partial charge >= 0.3 is 5.97 Å². The van der Waals surface area contributed by atoms with E-state index in [-0.39, 0.29) is 11.7 Å². The van der Waals surface area contributed by atoms with E-state index in [1.807, 2.05) is 42.5 Å². The van der Waals surface area contributed by atoms with Gasteiger partial charge in [0.05, 0.1) is 25.5 Å². The standard InChI is InChI=1S/C22H21NO4S/c1-26-20-13-6-5-11-17(20)21(24)23(19(14-28)22(25)27-2)18-12-7-9-15-8-3-4-10-16(15)18/h3-13,19,28H,14H2,1-2H3/t19-/m1/s1. The number of hydrogen-bond donors (Lipinski definition) is 1. The summed E-state index contributed by atoms with van der Waals surface area (Å²) < 4.78 is 10.3. The average molecular weight is 395 g/mol. The highest BCUT2D eigenvalue weighted by molar-refractivity contribution is 7.80. The third-order valence-electron chi connectivity index (χ3n) is 4.54. The third kappa shape index (κ3) is 3.68. The number of anilines is 1. The minimum absolute atomic E-state index is 0.108. The maximum atomic E-state index is 13.6. The zero-order chi connectivity index (χ0) is 20.1. The lowest BCUT2D eigenvalue weighted by Gasteiger charge is -2.30. The smallest absolute Gasteiger partial charge is 0.329 e. The molecule has 0 aliphatic carbocycles. The predicted octanol–water partition coefficient (Wildman–Crippen LogP) is 3.97. The summed E-state index contributed by atoms with van der Waals surface area (Å²) >= 11 is 4.32. The third-order valence-corrected chi connectivity index (χ3v) is 4.89. The second-order valence-electron chi connectivity index (χ2n) is 6.10. The van der Waals surface area contributed by atoms with Crippen LogP contribution >= 0.6 is 12.6 Å². The summed E-state index contributed by atoms with van der Waals surface area (Å²) in [6.45, 7) is 0. The molecule has 144 valence electrons. The fourth-order valence-corrected chi connectivity index (χ4v) is 3.50. The summed E-state index contributed by atoms with van der Waals surface area (Å²) in [5.41, 5.74) is 0.965. The number of carbonyl (C=O) groups is 2. The van der Waals surface area contributed by atoms with Crippen molar-refractivity contribution in [3.63, 3.8) is 0 Å². The molecule has 6 heteroatoms. The lowest BCUT2D eigenvalue weighted by molar-refractivity contribution is -0.141. The highest BCUT2D eigenvalue weighted by Crippen LogP contribution is 2.31. The van der Waals surface area contributed by atoms with Crippen LogP contribution in [0.15, 0.2) is 66.7 Å². The monoisotopic (exact) mass is 395 g/mol. The molecule has 5 nitrogen and oxygen atoms in total. The molecule has 3 rings (SSSR count). The Kier molecular flexibility index (Phi) is 6.21. The molecule has 0 aliphatic heterocycles. The molecule has 0 unspecified atom stereocenters. The van der Waals surface area contributed by atoms with Gasteiger partial charge in [-0.25, -0.2) is 4.79 Å². The Bertz CT molecular complexity index is 999. The van der Waals surface area contributed by atoms with Gasteiger partial charge in [0.2, 0.25) is 0 Å². The molecule has 0 fully saturated rings. The Morgan fingerprint density at radius 1 is 0.964 bits per heavy atom. The molecule has 3 aromatic rings. The van der Waals surface area contributed by atoms with Gasteiger partial charge < -0.3 is 9.47 Å². The Morgan fingerprint density at radius 3 is 2.36 bits per heavy atom. The minimum Gasteiger partial charge on any atom is -0.496 e. The van der Waals surface area contributed by atoms with E-state index in [2.05, 4.69) is 12.6 Å². The van der Waals surface area contributed by atoms with E-state index < -0.39 is 12.0 Å². The molecule has 0 spiro atoms. The van der Waals surface area contributed by atoms with E-state index in [1.165, 1.54) is 19.1 Å². The number of benzene rings is 3. The number of methoxy groups -OCH3 is 2. The lowest BCUT2D eigenvalue weighted by atomic mass is 10.0. The second-order valence-corrected chi connectivity index (χ2v) is 6.46. The molecule has 0 radical (unpaired) electrons.